The number of nitrogens with zero attached hydrogens (tertiary/aromatic N) is 5. The number of carbonyl (C=O) groups excluding carboxylic acids is 1. The number of urea groups is 1. The van der Waals surface area contributed by atoms with E-state index in [4.69, 9.17) is 0 Å². The molecule has 0 aliphatic heterocycles. The minimum Gasteiger partial charge on any atom is -0.338 e. The summed E-state index contributed by atoms with van der Waals surface area (Å²) >= 11 is 0. The van der Waals surface area contributed by atoms with Gasteiger partial charge in [0.05, 0.1) is 17.1 Å². The first-order valence-corrected chi connectivity index (χ1v) is 9.20. The van der Waals surface area contributed by atoms with Crippen molar-refractivity contribution < 1.29 is 4.79 Å². The van der Waals surface area contributed by atoms with Crippen LogP contribution >= 0.6 is 0 Å². The van der Waals surface area contributed by atoms with Crippen LogP contribution in [0.2, 0.25) is 0 Å². The highest BCUT2D eigenvalue weighted by atomic mass is 16.2. The predicted molar refractivity (Wildman–Crippen MR) is 101 cm³/mol. The van der Waals surface area contributed by atoms with Crippen molar-refractivity contribution in [1.82, 2.24) is 35.4 Å². The molecule has 1 atom stereocenters. The van der Waals surface area contributed by atoms with Crippen molar-refractivity contribution in [3.63, 3.8) is 0 Å². The second-order valence-electron chi connectivity index (χ2n) is 6.81. The molecule has 2 amide bonds. The minimum absolute atomic E-state index is 0.113. The van der Waals surface area contributed by atoms with E-state index in [-0.39, 0.29) is 12.1 Å². The Morgan fingerprint density at radius 3 is 2.93 bits per heavy atom. The molecular formula is C19H23N7O. The number of carbonyl (C=O) groups is 1. The monoisotopic (exact) mass is 365 g/mol. The number of hydrogen-bond donors (Lipinski definition) is 2. The average Bonchev–Trinajstić information content (AvgIpc) is 3.33. The third-order valence-electron chi connectivity index (χ3n) is 4.93. The topological polar surface area (TPSA) is 89.7 Å². The molecule has 140 valence electrons. The van der Waals surface area contributed by atoms with Crippen LogP contribution in [0.25, 0.3) is 5.69 Å². The van der Waals surface area contributed by atoms with E-state index in [1.54, 1.807) is 6.20 Å². The lowest BCUT2D eigenvalue weighted by atomic mass is 9.96. The van der Waals surface area contributed by atoms with Crippen molar-refractivity contribution >= 4 is 6.03 Å². The lowest BCUT2D eigenvalue weighted by molar-refractivity contribution is 0.235. The number of rotatable bonds is 5. The van der Waals surface area contributed by atoms with Gasteiger partial charge in [-0.3, -0.25) is 4.68 Å². The number of aromatic nitrogens is 5. The van der Waals surface area contributed by atoms with Crippen molar-refractivity contribution in [3.05, 3.63) is 59.7 Å². The molecule has 0 saturated carbocycles. The van der Waals surface area contributed by atoms with E-state index in [0.717, 1.165) is 37.1 Å². The maximum absolute atomic E-state index is 12.2. The van der Waals surface area contributed by atoms with E-state index in [2.05, 4.69) is 38.2 Å². The molecule has 0 fully saturated rings. The van der Waals surface area contributed by atoms with Crippen LogP contribution in [0.4, 0.5) is 4.79 Å². The second-order valence-corrected chi connectivity index (χ2v) is 6.81. The van der Waals surface area contributed by atoms with E-state index in [1.807, 2.05) is 40.8 Å². The summed E-state index contributed by atoms with van der Waals surface area (Å²) in [4.78, 5) is 12.2. The lowest BCUT2D eigenvalue weighted by Crippen LogP contribution is -2.45. The summed E-state index contributed by atoms with van der Waals surface area (Å²) in [7, 11) is 1.91. The molecule has 27 heavy (non-hydrogen) atoms. The van der Waals surface area contributed by atoms with Gasteiger partial charge in [0, 0.05) is 38.4 Å². The van der Waals surface area contributed by atoms with Crippen molar-refractivity contribution in [2.24, 2.45) is 7.05 Å². The van der Waals surface area contributed by atoms with Crippen molar-refractivity contribution in [2.45, 2.75) is 31.7 Å². The highest BCUT2D eigenvalue weighted by Crippen LogP contribution is 2.18. The Bertz CT molecular complexity index is 899. The standard InChI is InChI=1S/C19H23N7O/c1-25-18-8-5-15(13-17(18)23-24-25)22-19(27)20-11-9-14-3-6-16(7-4-14)26-12-2-10-21-26/h2-4,6-7,10,12,15H,5,8-9,11,13H2,1H3,(H2,20,22,27). The molecule has 1 aliphatic carbocycles. The maximum atomic E-state index is 12.2. The Kier molecular flexibility index (Phi) is 4.86. The number of fused-ring (bicyclic) bond motifs is 1. The zero-order valence-corrected chi connectivity index (χ0v) is 15.3. The van der Waals surface area contributed by atoms with Gasteiger partial charge in [0.1, 0.15) is 0 Å². The number of aryl methyl sites for hydroxylation is 1. The summed E-state index contributed by atoms with van der Waals surface area (Å²) in [6, 6.07) is 10.1. The second kappa shape index (κ2) is 7.61. The van der Waals surface area contributed by atoms with Crippen LogP contribution in [0.1, 0.15) is 23.4 Å². The van der Waals surface area contributed by atoms with E-state index in [9.17, 15) is 4.79 Å². The summed E-state index contributed by atoms with van der Waals surface area (Å²) < 4.78 is 3.64. The van der Waals surface area contributed by atoms with Crippen LogP contribution in [0, 0.1) is 0 Å². The SMILES string of the molecule is Cn1nnc2c1CCC(NC(=O)NCCc1ccc(-n3cccn3)cc1)C2. The summed E-state index contributed by atoms with van der Waals surface area (Å²) in [6.07, 6.45) is 7.00. The van der Waals surface area contributed by atoms with Crippen LogP contribution in [-0.4, -0.2) is 43.4 Å². The van der Waals surface area contributed by atoms with E-state index in [0.29, 0.717) is 6.54 Å². The molecule has 2 N–H and O–H groups in total. The fourth-order valence-electron chi connectivity index (χ4n) is 3.45. The first-order chi connectivity index (χ1) is 13.2. The maximum Gasteiger partial charge on any atom is 0.315 e. The molecule has 0 bridgehead atoms. The molecular weight excluding hydrogens is 342 g/mol. The van der Waals surface area contributed by atoms with E-state index in [1.165, 1.54) is 11.3 Å². The van der Waals surface area contributed by atoms with E-state index < -0.39 is 0 Å². The van der Waals surface area contributed by atoms with Crippen molar-refractivity contribution in [3.8, 4) is 5.69 Å². The molecule has 8 nitrogen and oxygen atoms in total. The Hall–Kier alpha value is -3.16. The number of nitrogens with one attached hydrogen (secondary N) is 2. The highest BCUT2D eigenvalue weighted by Gasteiger charge is 2.23. The zero-order valence-electron chi connectivity index (χ0n) is 15.3. The van der Waals surface area contributed by atoms with Crippen LogP contribution in [0.15, 0.2) is 42.7 Å². The molecule has 2 aromatic heterocycles. The Labute approximate surface area is 157 Å². The summed E-state index contributed by atoms with van der Waals surface area (Å²) in [5.41, 5.74) is 4.36. The Balaban J connectivity index is 1.22. The molecule has 8 heteroatoms. The molecule has 1 aliphatic rings. The van der Waals surface area contributed by atoms with Crippen LogP contribution in [-0.2, 0) is 26.3 Å². The van der Waals surface area contributed by atoms with Gasteiger partial charge in [-0.25, -0.2) is 9.48 Å². The molecule has 3 aromatic rings. The molecule has 0 spiro atoms. The number of hydrogen-bond acceptors (Lipinski definition) is 4. The lowest BCUT2D eigenvalue weighted by Gasteiger charge is -2.22. The minimum atomic E-state index is -0.125. The van der Waals surface area contributed by atoms with Gasteiger partial charge in [-0.15, -0.1) is 5.10 Å². The van der Waals surface area contributed by atoms with Gasteiger partial charge in [-0.1, -0.05) is 17.3 Å². The summed E-state index contributed by atoms with van der Waals surface area (Å²) in [6.45, 7) is 0.593. The molecule has 1 aromatic carbocycles. The predicted octanol–water partition coefficient (Wildman–Crippen LogP) is 1.40. The van der Waals surface area contributed by atoms with E-state index >= 15 is 0 Å². The Morgan fingerprint density at radius 2 is 2.15 bits per heavy atom. The number of benzene rings is 1. The molecule has 1 unspecified atom stereocenters. The van der Waals surface area contributed by atoms with Gasteiger partial charge in [-0.2, -0.15) is 5.10 Å². The largest absolute Gasteiger partial charge is 0.338 e. The first-order valence-electron chi connectivity index (χ1n) is 9.20. The molecule has 2 heterocycles. The summed E-state index contributed by atoms with van der Waals surface area (Å²) in [5.74, 6) is 0. The van der Waals surface area contributed by atoms with Gasteiger partial charge in [0.15, 0.2) is 0 Å². The zero-order chi connectivity index (χ0) is 18.6. The quantitative estimate of drug-likeness (QED) is 0.715. The molecule has 0 radical (unpaired) electrons. The van der Waals surface area contributed by atoms with Crippen LogP contribution in [0.5, 0.6) is 0 Å². The highest BCUT2D eigenvalue weighted by molar-refractivity contribution is 5.74. The third-order valence-corrected chi connectivity index (χ3v) is 4.93. The first kappa shape index (κ1) is 17.3. The fraction of sp³-hybridized carbons (Fsp3) is 0.368. The fourth-order valence-corrected chi connectivity index (χ4v) is 3.45. The van der Waals surface area contributed by atoms with Gasteiger partial charge in [0.25, 0.3) is 0 Å². The van der Waals surface area contributed by atoms with Gasteiger partial charge >= 0.3 is 6.03 Å². The molecule has 4 rings (SSSR count). The summed E-state index contributed by atoms with van der Waals surface area (Å²) in [5, 5.41) is 18.4. The smallest absolute Gasteiger partial charge is 0.315 e. The average molecular weight is 365 g/mol. The van der Waals surface area contributed by atoms with Crippen LogP contribution in [0.3, 0.4) is 0 Å². The van der Waals surface area contributed by atoms with Gasteiger partial charge in [0.2, 0.25) is 0 Å². The third kappa shape index (κ3) is 3.99. The van der Waals surface area contributed by atoms with Crippen LogP contribution < -0.4 is 10.6 Å². The normalized spacial score (nSPS) is 16.0. The van der Waals surface area contributed by atoms with Crippen molar-refractivity contribution in [1.29, 1.82) is 0 Å². The van der Waals surface area contributed by atoms with Gasteiger partial charge < -0.3 is 10.6 Å². The Morgan fingerprint density at radius 1 is 1.30 bits per heavy atom. The van der Waals surface area contributed by atoms with Gasteiger partial charge in [-0.05, 0) is 43.0 Å². The van der Waals surface area contributed by atoms with Crippen molar-refractivity contribution in [2.75, 3.05) is 6.54 Å². The number of amides is 2. The molecule has 0 saturated heterocycles.